The van der Waals surface area contributed by atoms with E-state index in [1.54, 1.807) is 23.5 Å². The molecular weight excluding hydrogens is 247 g/mol. The average Bonchev–Trinajstić information content (AvgIpc) is 2.85. The molecule has 1 aromatic carbocycles. The summed E-state index contributed by atoms with van der Waals surface area (Å²) < 4.78 is 12.8. The van der Waals surface area contributed by atoms with Crippen LogP contribution in [0.3, 0.4) is 0 Å². The number of nitrogens with one attached hydrogen (secondary N) is 1. The minimum atomic E-state index is -0.220. The van der Waals surface area contributed by atoms with Crippen molar-refractivity contribution in [2.75, 3.05) is 0 Å². The van der Waals surface area contributed by atoms with E-state index in [0.29, 0.717) is 12.1 Å². The number of nitrogens with zero attached hydrogens (tertiary/aromatic N) is 1. The fraction of sp³-hybridized carbons (Fsp3) is 0.214. The van der Waals surface area contributed by atoms with E-state index in [4.69, 9.17) is 5.26 Å². The molecule has 0 radical (unpaired) electrons. The smallest absolute Gasteiger partial charge is 0.123 e. The van der Waals surface area contributed by atoms with E-state index in [1.807, 2.05) is 18.4 Å². The minimum absolute atomic E-state index is 0.151. The molecule has 0 spiro atoms. The Hall–Kier alpha value is -1.70. The van der Waals surface area contributed by atoms with Crippen LogP contribution in [0.5, 0.6) is 0 Å². The standard InChI is InChI=1S/C14H13FN2S/c1-10(12-2-4-13(15)5-3-12)17-8-14-6-11(7-16)9-18-14/h2-6,9-10,17H,8H2,1H3/t10-/m0/s1. The third kappa shape index (κ3) is 3.16. The molecule has 4 heteroatoms. The quantitative estimate of drug-likeness (QED) is 0.911. The summed E-state index contributed by atoms with van der Waals surface area (Å²) in [5, 5.41) is 13.9. The topological polar surface area (TPSA) is 35.8 Å². The van der Waals surface area contributed by atoms with Crippen LogP contribution in [-0.2, 0) is 6.54 Å². The van der Waals surface area contributed by atoms with Gasteiger partial charge in [0, 0.05) is 22.8 Å². The van der Waals surface area contributed by atoms with Gasteiger partial charge >= 0.3 is 0 Å². The lowest BCUT2D eigenvalue weighted by molar-refractivity contribution is 0.575. The third-order valence-corrected chi connectivity index (χ3v) is 3.67. The fourth-order valence-corrected chi connectivity index (χ4v) is 2.42. The summed E-state index contributed by atoms with van der Waals surface area (Å²) in [4.78, 5) is 1.13. The van der Waals surface area contributed by atoms with Gasteiger partial charge in [0.2, 0.25) is 0 Å². The van der Waals surface area contributed by atoms with Crippen molar-refractivity contribution < 1.29 is 4.39 Å². The van der Waals surface area contributed by atoms with Crippen molar-refractivity contribution in [2.45, 2.75) is 19.5 Å². The minimum Gasteiger partial charge on any atom is -0.305 e. The van der Waals surface area contributed by atoms with E-state index >= 15 is 0 Å². The van der Waals surface area contributed by atoms with Crippen molar-refractivity contribution in [3.05, 3.63) is 57.5 Å². The van der Waals surface area contributed by atoms with Crippen LogP contribution in [0.1, 0.15) is 29.0 Å². The Morgan fingerprint density at radius 1 is 1.39 bits per heavy atom. The number of thiophene rings is 1. The number of benzene rings is 1. The van der Waals surface area contributed by atoms with Crippen LogP contribution in [0.15, 0.2) is 35.7 Å². The van der Waals surface area contributed by atoms with Gasteiger partial charge in [-0.3, -0.25) is 0 Å². The predicted octanol–water partition coefficient (Wildman–Crippen LogP) is 3.61. The Morgan fingerprint density at radius 3 is 2.72 bits per heavy atom. The van der Waals surface area contributed by atoms with Gasteiger partial charge in [-0.25, -0.2) is 4.39 Å². The van der Waals surface area contributed by atoms with Crippen LogP contribution in [0.4, 0.5) is 4.39 Å². The zero-order valence-corrected chi connectivity index (χ0v) is 10.8. The Balaban J connectivity index is 1.94. The maximum atomic E-state index is 12.8. The summed E-state index contributed by atoms with van der Waals surface area (Å²) in [7, 11) is 0. The summed E-state index contributed by atoms with van der Waals surface area (Å²) in [6.07, 6.45) is 0. The van der Waals surface area contributed by atoms with Gasteiger partial charge in [-0.05, 0) is 30.7 Å². The highest BCUT2D eigenvalue weighted by atomic mass is 32.1. The third-order valence-electron chi connectivity index (χ3n) is 2.74. The van der Waals surface area contributed by atoms with Crippen LogP contribution >= 0.6 is 11.3 Å². The van der Waals surface area contributed by atoms with Gasteiger partial charge in [0.1, 0.15) is 11.9 Å². The summed E-state index contributed by atoms with van der Waals surface area (Å²) in [6, 6.07) is 10.6. The van der Waals surface area contributed by atoms with Gasteiger partial charge in [-0.2, -0.15) is 5.26 Å². The second-order valence-electron chi connectivity index (χ2n) is 4.07. The molecule has 0 fully saturated rings. The summed E-state index contributed by atoms with van der Waals surface area (Å²) in [6.45, 7) is 2.75. The zero-order chi connectivity index (χ0) is 13.0. The van der Waals surface area contributed by atoms with E-state index in [2.05, 4.69) is 11.4 Å². The van der Waals surface area contributed by atoms with Crippen molar-refractivity contribution in [2.24, 2.45) is 0 Å². The second-order valence-corrected chi connectivity index (χ2v) is 5.06. The molecule has 92 valence electrons. The lowest BCUT2D eigenvalue weighted by Gasteiger charge is -2.13. The normalized spacial score (nSPS) is 12.1. The van der Waals surface area contributed by atoms with Gasteiger partial charge in [0.05, 0.1) is 5.56 Å². The van der Waals surface area contributed by atoms with E-state index < -0.39 is 0 Å². The number of nitriles is 1. The largest absolute Gasteiger partial charge is 0.305 e. The Kier molecular flexibility index (Phi) is 4.08. The molecule has 0 bridgehead atoms. The SMILES string of the molecule is C[C@H](NCc1cc(C#N)cs1)c1ccc(F)cc1. The van der Waals surface area contributed by atoms with Gasteiger partial charge in [-0.1, -0.05) is 12.1 Å². The zero-order valence-electron chi connectivity index (χ0n) is 9.98. The summed E-state index contributed by atoms with van der Waals surface area (Å²) in [5.41, 5.74) is 1.75. The Labute approximate surface area is 110 Å². The molecule has 0 aliphatic rings. The molecule has 0 saturated heterocycles. The predicted molar refractivity (Wildman–Crippen MR) is 70.7 cm³/mol. The molecule has 0 amide bonds. The Morgan fingerprint density at radius 2 is 2.11 bits per heavy atom. The molecule has 0 aliphatic heterocycles. The molecule has 1 N–H and O–H groups in total. The van der Waals surface area contributed by atoms with Crippen LogP contribution in [0.25, 0.3) is 0 Å². The fourth-order valence-electron chi connectivity index (χ4n) is 1.65. The first kappa shape index (κ1) is 12.7. The summed E-state index contributed by atoms with van der Waals surface area (Å²) >= 11 is 1.57. The molecule has 0 unspecified atom stereocenters. The molecule has 0 saturated carbocycles. The highest BCUT2D eigenvalue weighted by Gasteiger charge is 2.06. The van der Waals surface area contributed by atoms with Crippen LogP contribution in [0, 0.1) is 17.1 Å². The highest BCUT2D eigenvalue weighted by Crippen LogP contribution is 2.17. The lowest BCUT2D eigenvalue weighted by atomic mass is 10.1. The van der Waals surface area contributed by atoms with Crippen molar-refractivity contribution in [1.82, 2.24) is 5.32 Å². The maximum absolute atomic E-state index is 12.8. The molecular formula is C14H13FN2S. The number of hydrogen-bond donors (Lipinski definition) is 1. The maximum Gasteiger partial charge on any atom is 0.123 e. The molecule has 1 aromatic heterocycles. The number of hydrogen-bond acceptors (Lipinski definition) is 3. The van der Waals surface area contributed by atoms with Gasteiger partial charge in [0.25, 0.3) is 0 Å². The first-order valence-electron chi connectivity index (χ1n) is 5.65. The number of halogens is 1. The second kappa shape index (κ2) is 5.76. The first-order valence-corrected chi connectivity index (χ1v) is 6.53. The number of rotatable bonds is 4. The Bertz CT molecular complexity index is 554. The first-order chi connectivity index (χ1) is 8.69. The van der Waals surface area contributed by atoms with E-state index in [0.717, 1.165) is 10.4 Å². The molecule has 2 nitrogen and oxygen atoms in total. The van der Waals surface area contributed by atoms with E-state index in [-0.39, 0.29) is 11.9 Å². The molecule has 1 heterocycles. The monoisotopic (exact) mass is 260 g/mol. The van der Waals surface area contributed by atoms with E-state index in [9.17, 15) is 4.39 Å². The molecule has 2 aromatic rings. The van der Waals surface area contributed by atoms with Crippen LogP contribution < -0.4 is 5.32 Å². The lowest BCUT2D eigenvalue weighted by Crippen LogP contribution is -2.17. The van der Waals surface area contributed by atoms with Gasteiger partial charge < -0.3 is 5.32 Å². The van der Waals surface area contributed by atoms with Gasteiger partial charge in [-0.15, -0.1) is 11.3 Å². The molecule has 0 aliphatic carbocycles. The van der Waals surface area contributed by atoms with Crippen molar-refractivity contribution in [3.63, 3.8) is 0 Å². The summed E-state index contributed by atoms with van der Waals surface area (Å²) in [5.74, 6) is -0.220. The van der Waals surface area contributed by atoms with Crippen molar-refractivity contribution in [3.8, 4) is 6.07 Å². The highest BCUT2D eigenvalue weighted by molar-refractivity contribution is 7.10. The molecule has 2 rings (SSSR count). The molecule has 18 heavy (non-hydrogen) atoms. The van der Waals surface area contributed by atoms with Crippen molar-refractivity contribution in [1.29, 1.82) is 5.26 Å². The van der Waals surface area contributed by atoms with Gasteiger partial charge in [0.15, 0.2) is 0 Å². The van der Waals surface area contributed by atoms with Crippen LogP contribution in [-0.4, -0.2) is 0 Å². The van der Waals surface area contributed by atoms with Crippen LogP contribution in [0.2, 0.25) is 0 Å². The molecule has 1 atom stereocenters. The van der Waals surface area contributed by atoms with E-state index in [1.165, 1.54) is 12.1 Å². The average molecular weight is 260 g/mol. The van der Waals surface area contributed by atoms with Crippen molar-refractivity contribution >= 4 is 11.3 Å².